The summed E-state index contributed by atoms with van der Waals surface area (Å²) in [5, 5.41) is 5.01. The number of rotatable bonds is 7. The maximum absolute atomic E-state index is 12.8. The first-order valence-corrected chi connectivity index (χ1v) is 12.6. The van der Waals surface area contributed by atoms with E-state index in [-0.39, 0.29) is 17.9 Å². The zero-order valence-electron chi connectivity index (χ0n) is 21.2. The van der Waals surface area contributed by atoms with Crippen LogP contribution in [0.5, 0.6) is 0 Å². The number of carbonyl (C=O) groups excluding carboxylic acids is 2. The van der Waals surface area contributed by atoms with Gasteiger partial charge in [-0.15, -0.1) is 0 Å². The zero-order chi connectivity index (χ0) is 26.0. The topological polar surface area (TPSA) is 97.4 Å². The summed E-state index contributed by atoms with van der Waals surface area (Å²) in [6.07, 6.45) is 3.37. The highest BCUT2D eigenvalue weighted by Gasteiger charge is 2.26. The number of piperazine rings is 1. The Kier molecular flexibility index (Phi) is 7.76. The first-order valence-electron chi connectivity index (χ1n) is 12.3. The number of primary amides is 1. The van der Waals surface area contributed by atoms with Crippen LogP contribution < -0.4 is 5.73 Å². The molecule has 1 aliphatic rings. The highest BCUT2D eigenvalue weighted by atomic mass is 35.5. The molecule has 2 aromatic heterocycles. The molecule has 0 bridgehead atoms. The maximum atomic E-state index is 12.8. The second-order valence-electron chi connectivity index (χ2n) is 9.67. The molecular weight excluding hydrogens is 476 g/mol. The van der Waals surface area contributed by atoms with Crippen LogP contribution in [0.4, 0.5) is 0 Å². The van der Waals surface area contributed by atoms with Crippen LogP contribution >= 0.6 is 11.6 Å². The first-order chi connectivity index (χ1) is 17.2. The molecule has 0 saturated carbocycles. The SMILES string of the molecule is CC(=O)N1CCN(C[C@H](C)c2c(C(N)=O)cc(-c3ccnn3C(C)C)cc2-c2ccc(Cl)cn2)CC1. The van der Waals surface area contributed by atoms with Crippen molar-refractivity contribution in [3.8, 4) is 22.5 Å². The van der Waals surface area contributed by atoms with E-state index in [1.54, 1.807) is 25.4 Å². The van der Waals surface area contributed by atoms with E-state index >= 15 is 0 Å². The van der Waals surface area contributed by atoms with Crippen molar-refractivity contribution in [3.05, 3.63) is 58.9 Å². The van der Waals surface area contributed by atoms with Gasteiger partial charge in [0.05, 0.1) is 16.4 Å². The van der Waals surface area contributed by atoms with Crippen molar-refractivity contribution in [1.29, 1.82) is 0 Å². The number of benzene rings is 1. The molecule has 1 saturated heterocycles. The molecule has 1 aromatic carbocycles. The van der Waals surface area contributed by atoms with Crippen molar-refractivity contribution in [2.24, 2.45) is 5.73 Å². The van der Waals surface area contributed by atoms with Gasteiger partial charge in [0.25, 0.3) is 0 Å². The van der Waals surface area contributed by atoms with Crippen molar-refractivity contribution in [2.45, 2.75) is 39.7 Å². The van der Waals surface area contributed by atoms with Gasteiger partial charge in [-0.25, -0.2) is 0 Å². The lowest BCUT2D eigenvalue weighted by molar-refractivity contribution is -0.130. The minimum atomic E-state index is -0.481. The fraction of sp³-hybridized carbons (Fsp3) is 0.407. The molecule has 2 N–H and O–H groups in total. The number of aromatic nitrogens is 3. The van der Waals surface area contributed by atoms with E-state index < -0.39 is 5.91 Å². The van der Waals surface area contributed by atoms with Gasteiger partial charge < -0.3 is 10.6 Å². The molecule has 190 valence electrons. The van der Waals surface area contributed by atoms with E-state index in [0.717, 1.165) is 47.7 Å². The number of nitrogens with zero attached hydrogens (tertiary/aromatic N) is 5. The summed E-state index contributed by atoms with van der Waals surface area (Å²) >= 11 is 6.13. The van der Waals surface area contributed by atoms with Crippen molar-refractivity contribution < 1.29 is 9.59 Å². The molecular formula is C27H33ClN6O2. The molecule has 3 aromatic rings. The Morgan fingerprint density at radius 3 is 2.39 bits per heavy atom. The number of pyridine rings is 1. The Labute approximate surface area is 217 Å². The van der Waals surface area contributed by atoms with Crippen molar-refractivity contribution >= 4 is 23.4 Å². The highest BCUT2D eigenvalue weighted by molar-refractivity contribution is 6.30. The molecule has 9 heteroatoms. The third-order valence-corrected chi connectivity index (χ3v) is 6.97. The lowest BCUT2D eigenvalue weighted by Gasteiger charge is -2.36. The van der Waals surface area contributed by atoms with E-state index in [2.05, 4.69) is 41.8 Å². The summed E-state index contributed by atoms with van der Waals surface area (Å²) in [7, 11) is 0. The Morgan fingerprint density at radius 2 is 1.81 bits per heavy atom. The maximum Gasteiger partial charge on any atom is 0.249 e. The number of nitrogens with two attached hydrogens (primary N) is 1. The van der Waals surface area contributed by atoms with Crippen molar-refractivity contribution in [1.82, 2.24) is 24.6 Å². The number of amides is 2. The van der Waals surface area contributed by atoms with E-state index in [9.17, 15) is 9.59 Å². The van der Waals surface area contributed by atoms with Crippen LogP contribution in [0, 0.1) is 0 Å². The van der Waals surface area contributed by atoms with Crippen LogP contribution in [-0.4, -0.2) is 69.1 Å². The molecule has 0 unspecified atom stereocenters. The molecule has 0 radical (unpaired) electrons. The molecule has 1 aliphatic heterocycles. The average molecular weight is 509 g/mol. The van der Waals surface area contributed by atoms with Gasteiger partial charge in [0.2, 0.25) is 11.8 Å². The molecule has 4 rings (SSSR count). The minimum Gasteiger partial charge on any atom is -0.366 e. The first kappa shape index (κ1) is 25.9. The van der Waals surface area contributed by atoms with Gasteiger partial charge in [-0.2, -0.15) is 5.10 Å². The van der Waals surface area contributed by atoms with Crippen LogP contribution in [0.2, 0.25) is 5.02 Å². The van der Waals surface area contributed by atoms with E-state index in [1.165, 1.54) is 0 Å². The standard InChI is InChI=1S/C27H33ClN6O2/c1-17(2)34-25(7-8-31-34)20-13-22(24-6-5-21(28)15-30-24)26(23(14-20)27(29)36)18(3)16-32-9-11-33(12-10-32)19(4)35/h5-8,13-15,17-18H,9-12,16H2,1-4H3,(H2,29,36)/t18-/m0/s1. The molecule has 8 nitrogen and oxygen atoms in total. The monoisotopic (exact) mass is 508 g/mol. The fourth-order valence-electron chi connectivity index (χ4n) is 4.96. The summed E-state index contributed by atoms with van der Waals surface area (Å²) in [5.41, 5.74) is 10.6. The van der Waals surface area contributed by atoms with Crippen LogP contribution in [0.25, 0.3) is 22.5 Å². The zero-order valence-corrected chi connectivity index (χ0v) is 22.0. The number of hydrogen-bond acceptors (Lipinski definition) is 5. The average Bonchev–Trinajstić information content (AvgIpc) is 3.34. The smallest absolute Gasteiger partial charge is 0.249 e. The second kappa shape index (κ2) is 10.8. The summed E-state index contributed by atoms with van der Waals surface area (Å²) in [5.74, 6) is -0.384. The highest BCUT2D eigenvalue weighted by Crippen LogP contribution is 2.37. The molecule has 1 fully saturated rings. The molecule has 36 heavy (non-hydrogen) atoms. The Bertz CT molecular complexity index is 1250. The normalized spacial score (nSPS) is 15.3. The minimum absolute atomic E-state index is 0.00656. The second-order valence-corrected chi connectivity index (χ2v) is 10.1. The molecule has 3 heterocycles. The van der Waals surface area contributed by atoms with Gasteiger partial charge in [-0.3, -0.25) is 24.2 Å². The van der Waals surface area contributed by atoms with E-state index in [1.807, 2.05) is 27.8 Å². The van der Waals surface area contributed by atoms with Gasteiger partial charge in [0.15, 0.2) is 0 Å². The third-order valence-electron chi connectivity index (χ3n) is 6.75. The predicted molar refractivity (Wildman–Crippen MR) is 142 cm³/mol. The molecule has 0 spiro atoms. The van der Waals surface area contributed by atoms with Gasteiger partial charge in [0.1, 0.15) is 0 Å². The van der Waals surface area contributed by atoms with Crippen molar-refractivity contribution in [3.63, 3.8) is 0 Å². The van der Waals surface area contributed by atoms with Crippen LogP contribution in [0.1, 0.15) is 55.6 Å². The molecule has 0 aliphatic carbocycles. The number of hydrogen-bond donors (Lipinski definition) is 1. The van der Waals surface area contributed by atoms with Gasteiger partial charge >= 0.3 is 0 Å². The van der Waals surface area contributed by atoms with Crippen LogP contribution in [0.3, 0.4) is 0 Å². The van der Waals surface area contributed by atoms with Gasteiger partial charge in [0, 0.05) is 74.8 Å². The van der Waals surface area contributed by atoms with E-state index in [0.29, 0.717) is 23.7 Å². The fourth-order valence-corrected chi connectivity index (χ4v) is 5.07. The summed E-state index contributed by atoms with van der Waals surface area (Å²) < 4.78 is 1.93. The summed E-state index contributed by atoms with van der Waals surface area (Å²) in [6.45, 7) is 11.6. The summed E-state index contributed by atoms with van der Waals surface area (Å²) in [6, 6.07) is 9.70. The molecule has 2 amide bonds. The lowest BCUT2D eigenvalue weighted by Crippen LogP contribution is -2.48. The Morgan fingerprint density at radius 1 is 1.08 bits per heavy atom. The van der Waals surface area contributed by atoms with E-state index in [4.69, 9.17) is 17.3 Å². The quantitative estimate of drug-likeness (QED) is 0.515. The Balaban J connectivity index is 1.79. The summed E-state index contributed by atoms with van der Waals surface area (Å²) in [4.78, 5) is 33.3. The van der Waals surface area contributed by atoms with Crippen LogP contribution in [-0.2, 0) is 4.79 Å². The largest absolute Gasteiger partial charge is 0.366 e. The van der Waals surface area contributed by atoms with Crippen LogP contribution in [0.15, 0.2) is 42.7 Å². The third kappa shape index (κ3) is 5.44. The number of halogens is 1. The predicted octanol–water partition coefficient (Wildman–Crippen LogP) is 4.21. The van der Waals surface area contributed by atoms with Crippen molar-refractivity contribution in [2.75, 3.05) is 32.7 Å². The molecule has 1 atom stereocenters. The lowest BCUT2D eigenvalue weighted by atomic mass is 9.86. The van der Waals surface area contributed by atoms with Gasteiger partial charge in [-0.1, -0.05) is 18.5 Å². The number of carbonyl (C=O) groups is 2. The Hall–Kier alpha value is -3.23. The van der Waals surface area contributed by atoms with Gasteiger partial charge in [-0.05, 0) is 55.7 Å².